The molecule has 0 saturated carbocycles. The number of carbonyl (C=O) groups is 1. The van der Waals surface area contributed by atoms with Crippen LogP contribution in [0.25, 0.3) is 6.08 Å². The molecular weight excluding hydrogens is 224 g/mol. The SMILES string of the molecule is COC(=Cc1ccc(O)cc1)C(=O)O.[Ca+2].[H-].[H-]. The molecule has 2 N–H and O–H groups in total. The smallest absolute Gasteiger partial charge is 1.00 e. The summed E-state index contributed by atoms with van der Waals surface area (Å²) in [7, 11) is 1.29. The maximum absolute atomic E-state index is 10.6. The van der Waals surface area contributed by atoms with Crippen molar-refractivity contribution in [3.05, 3.63) is 35.6 Å². The second-order valence-corrected chi connectivity index (χ2v) is 2.61. The van der Waals surface area contributed by atoms with Crippen molar-refractivity contribution < 1.29 is 22.6 Å². The number of aromatic hydroxyl groups is 1. The number of benzene rings is 1. The summed E-state index contributed by atoms with van der Waals surface area (Å²) >= 11 is 0. The standard InChI is InChI=1S/C10H10O4.Ca.2H/c1-14-9(10(12)13)6-7-2-4-8(11)5-3-7;;;/h2-6,11H,1H3,(H,12,13);;;/q;+2;2*-1. The summed E-state index contributed by atoms with van der Waals surface area (Å²) in [6.45, 7) is 0. The maximum atomic E-state index is 10.6. The fourth-order valence-electron chi connectivity index (χ4n) is 0.930. The summed E-state index contributed by atoms with van der Waals surface area (Å²) in [5.74, 6) is -1.13. The number of rotatable bonds is 3. The second-order valence-electron chi connectivity index (χ2n) is 2.61. The third-order valence-corrected chi connectivity index (χ3v) is 1.62. The summed E-state index contributed by atoms with van der Waals surface area (Å²) in [6, 6.07) is 6.14. The number of methoxy groups -OCH3 is 1. The Labute approximate surface area is 120 Å². The van der Waals surface area contributed by atoms with Crippen LogP contribution in [0.4, 0.5) is 0 Å². The van der Waals surface area contributed by atoms with Crippen molar-refractivity contribution >= 4 is 49.8 Å². The van der Waals surface area contributed by atoms with Crippen LogP contribution >= 0.6 is 0 Å². The fraction of sp³-hybridized carbons (Fsp3) is 0.100. The first kappa shape index (κ1) is 14.3. The third-order valence-electron chi connectivity index (χ3n) is 1.62. The molecule has 0 saturated heterocycles. The number of aliphatic carboxylic acids is 1. The van der Waals surface area contributed by atoms with Crippen LogP contribution in [0, 0.1) is 0 Å². The van der Waals surface area contributed by atoms with E-state index in [1.165, 1.54) is 25.3 Å². The molecule has 1 aromatic rings. The van der Waals surface area contributed by atoms with Gasteiger partial charge in [0.2, 0.25) is 5.76 Å². The number of carboxylic acid groups (broad SMARTS) is 1. The van der Waals surface area contributed by atoms with E-state index in [-0.39, 0.29) is 52.1 Å². The molecule has 15 heavy (non-hydrogen) atoms. The van der Waals surface area contributed by atoms with Gasteiger partial charge in [0.1, 0.15) is 5.75 Å². The van der Waals surface area contributed by atoms with Gasteiger partial charge in [-0.1, -0.05) is 12.1 Å². The third kappa shape index (κ3) is 4.55. The Hall–Kier alpha value is -0.710. The van der Waals surface area contributed by atoms with Gasteiger partial charge < -0.3 is 17.8 Å². The molecule has 1 rings (SSSR count). The fourth-order valence-corrected chi connectivity index (χ4v) is 0.930. The number of phenols is 1. The van der Waals surface area contributed by atoms with Crippen molar-refractivity contribution in [2.24, 2.45) is 0 Å². The largest absolute Gasteiger partial charge is 2.00 e. The Morgan fingerprint density at radius 1 is 1.40 bits per heavy atom. The zero-order chi connectivity index (χ0) is 10.6. The van der Waals surface area contributed by atoms with Gasteiger partial charge in [0.05, 0.1) is 7.11 Å². The van der Waals surface area contributed by atoms with Gasteiger partial charge in [-0.05, 0) is 23.8 Å². The molecule has 0 fully saturated rings. The van der Waals surface area contributed by atoms with Crippen molar-refractivity contribution in [2.75, 3.05) is 7.11 Å². The Morgan fingerprint density at radius 3 is 2.33 bits per heavy atom. The van der Waals surface area contributed by atoms with E-state index in [1.807, 2.05) is 0 Å². The van der Waals surface area contributed by atoms with Crippen LogP contribution in [-0.4, -0.2) is 61.0 Å². The zero-order valence-corrected chi connectivity index (χ0v) is 10.5. The molecule has 4 nitrogen and oxygen atoms in total. The molecule has 0 unspecified atom stereocenters. The van der Waals surface area contributed by atoms with Gasteiger partial charge in [0.15, 0.2) is 0 Å². The predicted molar refractivity (Wildman–Crippen MR) is 58.7 cm³/mol. The Kier molecular flexibility index (Phi) is 6.40. The van der Waals surface area contributed by atoms with Crippen LogP contribution in [0.2, 0.25) is 0 Å². The molecule has 0 heterocycles. The van der Waals surface area contributed by atoms with E-state index < -0.39 is 5.97 Å². The van der Waals surface area contributed by atoms with E-state index in [9.17, 15) is 4.79 Å². The van der Waals surface area contributed by atoms with Crippen LogP contribution in [0.3, 0.4) is 0 Å². The molecule has 0 radical (unpaired) electrons. The van der Waals surface area contributed by atoms with E-state index in [0.29, 0.717) is 5.56 Å². The van der Waals surface area contributed by atoms with Gasteiger partial charge >= 0.3 is 43.7 Å². The van der Waals surface area contributed by atoms with E-state index in [1.54, 1.807) is 12.1 Å². The van der Waals surface area contributed by atoms with E-state index in [4.69, 9.17) is 10.2 Å². The average molecular weight is 236 g/mol. The summed E-state index contributed by atoms with van der Waals surface area (Å²) in [5, 5.41) is 17.6. The average Bonchev–Trinajstić information content (AvgIpc) is 2.16. The first-order valence-corrected chi connectivity index (χ1v) is 3.91. The number of hydrogen-bond donors (Lipinski definition) is 2. The van der Waals surface area contributed by atoms with Crippen LogP contribution < -0.4 is 0 Å². The monoisotopic (exact) mass is 236 g/mol. The van der Waals surface area contributed by atoms with Crippen molar-refractivity contribution in [2.45, 2.75) is 0 Å². The molecule has 0 atom stereocenters. The summed E-state index contributed by atoms with van der Waals surface area (Å²) < 4.78 is 4.64. The molecule has 0 aliphatic heterocycles. The van der Waals surface area contributed by atoms with Crippen molar-refractivity contribution in [3.8, 4) is 5.75 Å². The minimum absolute atomic E-state index is 0. The summed E-state index contributed by atoms with van der Waals surface area (Å²) in [5.41, 5.74) is 0.655. The van der Waals surface area contributed by atoms with Crippen LogP contribution in [0.1, 0.15) is 8.42 Å². The quantitative estimate of drug-likeness (QED) is 0.472. The zero-order valence-electron chi connectivity index (χ0n) is 10.3. The Morgan fingerprint density at radius 2 is 1.93 bits per heavy atom. The number of hydrogen-bond acceptors (Lipinski definition) is 3. The van der Waals surface area contributed by atoms with Crippen LogP contribution in [0.5, 0.6) is 5.75 Å². The van der Waals surface area contributed by atoms with Gasteiger partial charge in [-0.15, -0.1) is 0 Å². The van der Waals surface area contributed by atoms with Gasteiger partial charge in [-0.2, -0.15) is 0 Å². The number of phenolic OH excluding ortho intramolecular Hbond substituents is 1. The summed E-state index contributed by atoms with van der Waals surface area (Å²) in [4.78, 5) is 10.6. The minimum atomic E-state index is -1.12. The van der Waals surface area contributed by atoms with Crippen molar-refractivity contribution in [1.29, 1.82) is 0 Å². The topological polar surface area (TPSA) is 66.8 Å². The molecular formula is C10H12CaO4. The molecule has 0 aliphatic rings. The van der Waals surface area contributed by atoms with Gasteiger partial charge in [-0.25, -0.2) is 4.79 Å². The number of ether oxygens (including phenoxy) is 1. The first-order valence-electron chi connectivity index (χ1n) is 3.91. The van der Waals surface area contributed by atoms with Crippen LogP contribution in [0.15, 0.2) is 30.0 Å². The second kappa shape index (κ2) is 6.71. The Balaban J connectivity index is -0.000000653. The van der Waals surface area contributed by atoms with E-state index in [0.717, 1.165) is 0 Å². The maximum Gasteiger partial charge on any atom is 2.00 e. The molecule has 1 aromatic carbocycles. The van der Waals surface area contributed by atoms with Crippen LogP contribution in [-0.2, 0) is 9.53 Å². The van der Waals surface area contributed by atoms with Crippen molar-refractivity contribution in [3.63, 3.8) is 0 Å². The minimum Gasteiger partial charge on any atom is -1.00 e. The van der Waals surface area contributed by atoms with Gasteiger partial charge in [-0.3, -0.25) is 0 Å². The molecule has 0 aromatic heterocycles. The molecule has 0 amide bonds. The normalized spacial score (nSPS) is 10.3. The van der Waals surface area contributed by atoms with Gasteiger partial charge in [0.25, 0.3) is 0 Å². The Bertz CT molecular complexity index is 365. The molecule has 78 valence electrons. The van der Waals surface area contributed by atoms with E-state index >= 15 is 0 Å². The van der Waals surface area contributed by atoms with E-state index in [2.05, 4.69) is 4.74 Å². The summed E-state index contributed by atoms with van der Waals surface area (Å²) in [6.07, 6.45) is 1.38. The molecule has 0 bridgehead atoms. The number of carboxylic acids is 1. The molecule has 5 heteroatoms. The molecule has 0 spiro atoms. The first-order chi connectivity index (χ1) is 6.63. The van der Waals surface area contributed by atoms with Crippen molar-refractivity contribution in [1.82, 2.24) is 0 Å². The van der Waals surface area contributed by atoms with Gasteiger partial charge in [0, 0.05) is 0 Å². The predicted octanol–water partition coefficient (Wildman–Crippen LogP) is 1.31. The molecule has 0 aliphatic carbocycles.